The van der Waals surface area contributed by atoms with Crippen LogP contribution >= 0.6 is 0 Å². The van der Waals surface area contributed by atoms with Gasteiger partial charge in [-0.2, -0.15) is 4.31 Å². The molecule has 0 spiro atoms. The molecule has 3 atom stereocenters. The molecular formula is C24H22F2N2O3S. The van der Waals surface area contributed by atoms with Crippen molar-refractivity contribution in [1.82, 2.24) is 4.31 Å². The summed E-state index contributed by atoms with van der Waals surface area (Å²) in [7, 11) is -3.97. The lowest BCUT2D eigenvalue weighted by atomic mass is 9.82. The van der Waals surface area contributed by atoms with Crippen LogP contribution < -0.4 is 5.32 Å². The van der Waals surface area contributed by atoms with E-state index in [1.54, 1.807) is 12.1 Å². The van der Waals surface area contributed by atoms with Gasteiger partial charge in [-0.3, -0.25) is 0 Å². The molecule has 0 amide bonds. The second kappa shape index (κ2) is 7.95. The highest BCUT2D eigenvalue weighted by atomic mass is 32.2. The number of hydrogen-bond donors (Lipinski definition) is 2. The van der Waals surface area contributed by atoms with Gasteiger partial charge in [0.25, 0.3) is 0 Å². The molecule has 2 aliphatic heterocycles. The molecule has 0 saturated carbocycles. The van der Waals surface area contributed by atoms with Crippen molar-refractivity contribution in [1.29, 1.82) is 0 Å². The molecule has 1 saturated heterocycles. The van der Waals surface area contributed by atoms with Crippen LogP contribution in [0.1, 0.15) is 18.0 Å². The SMILES string of the molecule is O=S(=O)(c1cccc(F)c1)N1CC[C@@H]2[C@@H](CO)Nc3ccc(-c4cccc(F)c4)cc3[C@@H]21. The van der Waals surface area contributed by atoms with Gasteiger partial charge in [-0.1, -0.05) is 24.3 Å². The molecule has 166 valence electrons. The van der Waals surface area contributed by atoms with Gasteiger partial charge >= 0.3 is 0 Å². The van der Waals surface area contributed by atoms with E-state index >= 15 is 0 Å². The summed E-state index contributed by atoms with van der Waals surface area (Å²) in [4.78, 5) is -0.0972. The van der Waals surface area contributed by atoms with Crippen LogP contribution in [0.15, 0.2) is 71.6 Å². The minimum Gasteiger partial charge on any atom is -0.394 e. The van der Waals surface area contributed by atoms with Crippen LogP contribution in [-0.4, -0.2) is 37.0 Å². The molecule has 3 aromatic carbocycles. The third kappa shape index (κ3) is 3.48. The smallest absolute Gasteiger partial charge is 0.243 e. The molecule has 32 heavy (non-hydrogen) atoms. The number of aliphatic hydroxyl groups excluding tert-OH is 1. The molecule has 1 fully saturated rings. The zero-order valence-electron chi connectivity index (χ0n) is 17.1. The van der Waals surface area contributed by atoms with E-state index in [0.29, 0.717) is 12.0 Å². The van der Waals surface area contributed by atoms with Crippen molar-refractivity contribution in [2.45, 2.75) is 23.4 Å². The molecule has 2 N–H and O–H groups in total. The van der Waals surface area contributed by atoms with Crippen molar-refractivity contribution in [3.63, 3.8) is 0 Å². The Labute approximate surface area is 185 Å². The molecule has 0 aliphatic carbocycles. The molecule has 5 nitrogen and oxygen atoms in total. The van der Waals surface area contributed by atoms with Gasteiger partial charge in [0.15, 0.2) is 0 Å². The van der Waals surface area contributed by atoms with Crippen LogP contribution in [0.4, 0.5) is 14.5 Å². The lowest BCUT2D eigenvalue weighted by molar-refractivity contribution is 0.210. The number of anilines is 1. The third-order valence-electron chi connectivity index (χ3n) is 6.38. The van der Waals surface area contributed by atoms with Crippen LogP contribution in [-0.2, 0) is 10.0 Å². The molecule has 0 unspecified atom stereocenters. The van der Waals surface area contributed by atoms with Gasteiger partial charge in [-0.15, -0.1) is 0 Å². The summed E-state index contributed by atoms with van der Waals surface area (Å²) in [6, 6.07) is 16.0. The fourth-order valence-electron chi connectivity index (χ4n) is 4.90. The van der Waals surface area contributed by atoms with Crippen LogP contribution in [0.5, 0.6) is 0 Å². The average molecular weight is 457 g/mol. The van der Waals surface area contributed by atoms with E-state index in [1.165, 1.54) is 34.6 Å². The van der Waals surface area contributed by atoms with Crippen LogP contribution in [0.25, 0.3) is 11.1 Å². The number of sulfonamides is 1. The predicted octanol–water partition coefficient (Wildman–Crippen LogP) is 4.17. The summed E-state index contributed by atoms with van der Waals surface area (Å²) in [5.74, 6) is -1.12. The van der Waals surface area contributed by atoms with Crippen LogP contribution in [0.3, 0.4) is 0 Å². The van der Waals surface area contributed by atoms with Crippen LogP contribution in [0.2, 0.25) is 0 Å². The summed E-state index contributed by atoms with van der Waals surface area (Å²) < 4.78 is 55.9. The topological polar surface area (TPSA) is 69.6 Å². The van der Waals surface area contributed by atoms with Crippen molar-refractivity contribution in [3.8, 4) is 11.1 Å². The largest absolute Gasteiger partial charge is 0.394 e. The first-order valence-corrected chi connectivity index (χ1v) is 11.9. The third-order valence-corrected chi connectivity index (χ3v) is 8.26. The molecule has 0 aromatic heterocycles. The Hall–Kier alpha value is -2.81. The summed E-state index contributed by atoms with van der Waals surface area (Å²) in [6.07, 6.45) is 0.557. The van der Waals surface area contributed by atoms with Gasteiger partial charge in [-0.05, 0) is 65.6 Å². The second-order valence-electron chi connectivity index (χ2n) is 8.22. The quantitative estimate of drug-likeness (QED) is 0.618. The van der Waals surface area contributed by atoms with Crippen molar-refractivity contribution < 1.29 is 22.3 Å². The first kappa shape index (κ1) is 21.1. The number of nitrogens with zero attached hydrogens (tertiary/aromatic N) is 1. The number of hydrogen-bond acceptors (Lipinski definition) is 4. The summed E-state index contributed by atoms with van der Waals surface area (Å²) in [5, 5.41) is 13.3. The molecular weight excluding hydrogens is 434 g/mol. The van der Waals surface area contributed by atoms with Gasteiger partial charge in [0.1, 0.15) is 11.6 Å². The maximum atomic E-state index is 13.8. The second-order valence-corrected chi connectivity index (χ2v) is 10.1. The van der Waals surface area contributed by atoms with E-state index in [4.69, 9.17) is 0 Å². The van der Waals surface area contributed by atoms with Gasteiger partial charge in [0.05, 0.1) is 23.6 Å². The average Bonchev–Trinajstić information content (AvgIpc) is 3.25. The standard InChI is InChI=1S/C24H22F2N2O3S/c25-17-4-1-3-15(11-17)16-7-8-22-21(12-16)24-20(23(14-29)27-22)9-10-28(24)32(30,31)19-6-2-5-18(26)13-19/h1-8,11-13,20,23-24,27,29H,9-10,14H2/t20-,23-,24-/m1/s1. The minimum absolute atomic E-state index is 0.0972. The normalized spacial score (nSPS) is 22.8. The lowest BCUT2D eigenvalue weighted by Gasteiger charge is -2.39. The summed E-state index contributed by atoms with van der Waals surface area (Å²) in [6.45, 7) is 0.121. The number of fused-ring (bicyclic) bond motifs is 3. The molecule has 2 heterocycles. The zero-order valence-corrected chi connectivity index (χ0v) is 17.9. The first-order valence-electron chi connectivity index (χ1n) is 10.4. The van der Waals surface area contributed by atoms with E-state index in [9.17, 15) is 22.3 Å². The Kier molecular flexibility index (Phi) is 5.23. The number of aliphatic hydroxyl groups is 1. The van der Waals surface area contributed by atoms with E-state index < -0.39 is 21.9 Å². The van der Waals surface area contributed by atoms with E-state index in [0.717, 1.165) is 22.9 Å². The van der Waals surface area contributed by atoms with E-state index in [2.05, 4.69) is 5.32 Å². The predicted molar refractivity (Wildman–Crippen MR) is 117 cm³/mol. The molecule has 2 aliphatic rings. The molecule has 0 radical (unpaired) electrons. The minimum atomic E-state index is -3.97. The highest BCUT2D eigenvalue weighted by Gasteiger charge is 2.48. The molecule has 0 bridgehead atoms. The molecule has 5 rings (SSSR count). The Morgan fingerprint density at radius 3 is 2.41 bits per heavy atom. The van der Waals surface area contributed by atoms with Crippen molar-refractivity contribution in [3.05, 3.63) is 83.9 Å². The van der Waals surface area contributed by atoms with Gasteiger partial charge in [-0.25, -0.2) is 17.2 Å². The number of rotatable bonds is 4. The Bertz CT molecular complexity index is 1280. The molecule has 3 aromatic rings. The maximum absolute atomic E-state index is 13.8. The zero-order chi connectivity index (χ0) is 22.5. The maximum Gasteiger partial charge on any atom is 0.243 e. The Morgan fingerprint density at radius 1 is 0.969 bits per heavy atom. The monoisotopic (exact) mass is 456 g/mol. The summed E-state index contributed by atoms with van der Waals surface area (Å²) >= 11 is 0. The first-order chi connectivity index (χ1) is 15.4. The van der Waals surface area contributed by atoms with Gasteiger partial charge in [0.2, 0.25) is 10.0 Å². The van der Waals surface area contributed by atoms with E-state index in [1.807, 2.05) is 18.2 Å². The molecule has 8 heteroatoms. The van der Waals surface area contributed by atoms with Gasteiger partial charge < -0.3 is 10.4 Å². The van der Waals surface area contributed by atoms with E-state index in [-0.39, 0.29) is 35.8 Å². The number of benzene rings is 3. The van der Waals surface area contributed by atoms with Crippen molar-refractivity contribution in [2.75, 3.05) is 18.5 Å². The van der Waals surface area contributed by atoms with Gasteiger partial charge in [0, 0.05) is 18.2 Å². The lowest BCUT2D eigenvalue weighted by Crippen LogP contribution is -2.42. The fourth-order valence-corrected chi connectivity index (χ4v) is 6.60. The highest BCUT2D eigenvalue weighted by Crippen LogP contribution is 2.49. The summed E-state index contributed by atoms with van der Waals surface area (Å²) in [5.41, 5.74) is 2.94. The highest BCUT2D eigenvalue weighted by molar-refractivity contribution is 7.89. The fraction of sp³-hybridized carbons (Fsp3) is 0.250. The van der Waals surface area contributed by atoms with Crippen molar-refractivity contribution in [2.24, 2.45) is 5.92 Å². The Balaban J connectivity index is 1.62. The Morgan fingerprint density at radius 2 is 1.69 bits per heavy atom. The van der Waals surface area contributed by atoms with Crippen LogP contribution in [0, 0.1) is 17.6 Å². The number of halogens is 2. The van der Waals surface area contributed by atoms with Crippen molar-refractivity contribution >= 4 is 15.7 Å². The number of nitrogens with one attached hydrogen (secondary N) is 1.